The molecule has 78 valence electrons. The lowest BCUT2D eigenvalue weighted by atomic mass is 10.3. The molecule has 0 saturated carbocycles. The minimum absolute atomic E-state index is 0.350. The fourth-order valence-corrected chi connectivity index (χ4v) is 1.53. The molecule has 0 bridgehead atoms. The summed E-state index contributed by atoms with van der Waals surface area (Å²) in [6.07, 6.45) is 1.56. The van der Waals surface area contributed by atoms with Crippen LogP contribution in [-0.4, -0.2) is 4.98 Å². The summed E-state index contributed by atoms with van der Waals surface area (Å²) in [5.41, 5.74) is 0.350. The van der Waals surface area contributed by atoms with Crippen molar-refractivity contribution in [3.63, 3.8) is 0 Å². The zero-order valence-corrected chi connectivity index (χ0v) is 10.4. The van der Waals surface area contributed by atoms with Crippen LogP contribution in [0.2, 0.25) is 0 Å². The largest absolute Gasteiger partial charge is 0.457 e. The molecule has 0 aliphatic rings. The zero-order valence-electron chi connectivity index (χ0n) is 8.22. The monoisotopic (exact) mass is 322 g/mol. The van der Waals surface area contributed by atoms with Crippen molar-refractivity contribution < 1.29 is 4.74 Å². The Morgan fingerprint density at radius 1 is 1.12 bits per heavy atom. The molecule has 0 N–H and O–H groups in total. The van der Waals surface area contributed by atoms with Gasteiger partial charge < -0.3 is 4.74 Å². The Labute approximate surface area is 107 Å². The molecule has 0 spiro atoms. The van der Waals surface area contributed by atoms with Crippen molar-refractivity contribution in [2.24, 2.45) is 0 Å². The minimum atomic E-state index is 0.350. The summed E-state index contributed by atoms with van der Waals surface area (Å²) in [6.45, 7) is 0. The van der Waals surface area contributed by atoms with Gasteiger partial charge >= 0.3 is 0 Å². The second-order valence-corrected chi connectivity index (χ2v) is 4.29. The Morgan fingerprint density at radius 2 is 1.88 bits per heavy atom. The van der Waals surface area contributed by atoms with Gasteiger partial charge in [-0.2, -0.15) is 5.26 Å². The van der Waals surface area contributed by atoms with E-state index in [1.807, 2.05) is 30.3 Å². The van der Waals surface area contributed by atoms with E-state index in [1.165, 1.54) is 0 Å². The molecule has 0 unspecified atom stereocenters. The van der Waals surface area contributed by atoms with Gasteiger partial charge in [0.15, 0.2) is 0 Å². The quantitative estimate of drug-likeness (QED) is 0.797. The van der Waals surface area contributed by atoms with E-state index >= 15 is 0 Å². The van der Waals surface area contributed by atoms with Crippen LogP contribution < -0.4 is 4.74 Å². The molecular weight excluding hydrogens is 315 g/mol. The van der Waals surface area contributed by atoms with E-state index < -0.39 is 0 Å². The smallest absolute Gasteiger partial charge is 0.144 e. The summed E-state index contributed by atoms with van der Waals surface area (Å²) in [5.74, 6) is 1.36. The van der Waals surface area contributed by atoms with Crippen LogP contribution in [0.25, 0.3) is 0 Å². The average Bonchev–Trinajstić information content (AvgIpc) is 2.32. The molecule has 0 fully saturated rings. The first-order valence-electron chi connectivity index (χ1n) is 4.57. The number of pyridine rings is 1. The van der Waals surface area contributed by atoms with Crippen molar-refractivity contribution in [3.8, 4) is 17.6 Å². The van der Waals surface area contributed by atoms with Crippen LogP contribution in [0.15, 0.2) is 42.6 Å². The van der Waals surface area contributed by atoms with E-state index in [2.05, 4.69) is 27.6 Å². The van der Waals surface area contributed by atoms with Gasteiger partial charge in [0.05, 0.1) is 0 Å². The standard InChI is InChI=1S/C12H7IN2O/c13-9-1-3-11(4-2-9)16-12-5-6-15-10(7-12)8-14/h1-7H. The fourth-order valence-electron chi connectivity index (χ4n) is 1.17. The van der Waals surface area contributed by atoms with Crippen LogP contribution in [0.5, 0.6) is 11.5 Å². The van der Waals surface area contributed by atoms with E-state index in [-0.39, 0.29) is 0 Å². The maximum Gasteiger partial charge on any atom is 0.144 e. The van der Waals surface area contributed by atoms with Crippen LogP contribution in [0.3, 0.4) is 0 Å². The van der Waals surface area contributed by atoms with Crippen LogP contribution in [0.1, 0.15) is 5.69 Å². The Kier molecular flexibility index (Phi) is 3.37. The number of hydrogen-bond donors (Lipinski definition) is 0. The van der Waals surface area contributed by atoms with E-state index in [4.69, 9.17) is 10.00 Å². The highest BCUT2D eigenvalue weighted by Gasteiger charge is 1.99. The second-order valence-electron chi connectivity index (χ2n) is 3.04. The Hall–Kier alpha value is -1.61. The number of rotatable bonds is 2. The maximum absolute atomic E-state index is 8.70. The Balaban J connectivity index is 2.21. The van der Waals surface area contributed by atoms with Crippen molar-refractivity contribution in [1.82, 2.24) is 4.98 Å². The molecule has 0 aliphatic heterocycles. The third kappa shape index (κ3) is 2.70. The minimum Gasteiger partial charge on any atom is -0.457 e. The Morgan fingerprint density at radius 3 is 2.56 bits per heavy atom. The van der Waals surface area contributed by atoms with E-state index in [0.717, 1.165) is 9.32 Å². The van der Waals surface area contributed by atoms with Gasteiger partial charge in [-0.05, 0) is 52.9 Å². The van der Waals surface area contributed by atoms with Gasteiger partial charge in [0.2, 0.25) is 0 Å². The molecule has 0 amide bonds. The van der Waals surface area contributed by atoms with E-state index in [9.17, 15) is 0 Å². The van der Waals surface area contributed by atoms with Crippen LogP contribution >= 0.6 is 22.6 Å². The van der Waals surface area contributed by atoms with Crippen molar-refractivity contribution in [1.29, 1.82) is 5.26 Å². The van der Waals surface area contributed by atoms with Gasteiger partial charge in [-0.3, -0.25) is 0 Å². The molecule has 2 aromatic rings. The lowest BCUT2D eigenvalue weighted by molar-refractivity contribution is 0.481. The second kappa shape index (κ2) is 4.94. The summed E-state index contributed by atoms with van der Waals surface area (Å²) < 4.78 is 6.73. The molecule has 0 saturated heterocycles. The summed E-state index contributed by atoms with van der Waals surface area (Å²) in [6, 6.07) is 13.0. The normalized spacial score (nSPS) is 9.50. The Bertz CT molecular complexity index is 531. The van der Waals surface area contributed by atoms with E-state index in [1.54, 1.807) is 18.3 Å². The summed E-state index contributed by atoms with van der Waals surface area (Å²) in [5, 5.41) is 8.70. The molecule has 0 atom stereocenters. The van der Waals surface area contributed by atoms with Crippen LogP contribution in [-0.2, 0) is 0 Å². The third-order valence-corrected chi connectivity index (χ3v) is 2.61. The number of hydrogen-bond acceptors (Lipinski definition) is 3. The molecule has 16 heavy (non-hydrogen) atoms. The van der Waals surface area contributed by atoms with Crippen molar-refractivity contribution in [2.75, 3.05) is 0 Å². The van der Waals surface area contributed by atoms with Gasteiger partial charge in [0, 0.05) is 15.8 Å². The van der Waals surface area contributed by atoms with Gasteiger partial charge in [0.25, 0.3) is 0 Å². The van der Waals surface area contributed by atoms with Crippen LogP contribution in [0.4, 0.5) is 0 Å². The molecule has 1 heterocycles. The highest BCUT2D eigenvalue weighted by Crippen LogP contribution is 2.21. The number of nitriles is 1. The van der Waals surface area contributed by atoms with Gasteiger partial charge in [-0.1, -0.05) is 0 Å². The molecule has 1 aromatic carbocycles. The van der Waals surface area contributed by atoms with E-state index in [0.29, 0.717) is 11.4 Å². The highest BCUT2D eigenvalue weighted by atomic mass is 127. The molecule has 0 radical (unpaired) electrons. The fraction of sp³-hybridized carbons (Fsp3) is 0. The number of ether oxygens (including phenoxy) is 1. The predicted octanol–water partition coefficient (Wildman–Crippen LogP) is 3.35. The lowest BCUT2D eigenvalue weighted by Gasteiger charge is -2.05. The van der Waals surface area contributed by atoms with Gasteiger partial charge in [0.1, 0.15) is 23.3 Å². The highest BCUT2D eigenvalue weighted by molar-refractivity contribution is 14.1. The zero-order chi connectivity index (χ0) is 11.4. The van der Waals surface area contributed by atoms with Crippen molar-refractivity contribution >= 4 is 22.6 Å². The molecule has 0 aliphatic carbocycles. The molecular formula is C12H7IN2O. The average molecular weight is 322 g/mol. The number of nitrogens with zero attached hydrogens (tertiary/aromatic N) is 2. The molecule has 3 nitrogen and oxygen atoms in total. The molecule has 1 aromatic heterocycles. The molecule has 4 heteroatoms. The first-order valence-corrected chi connectivity index (χ1v) is 5.65. The summed E-state index contributed by atoms with van der Waals surface area (Å²) >= 11 is 2.23. The van der Waals surface area contributed by atoms with Crippen molar-refractivity contribution in [2.45, 2.75) is 0 Å². The first-order chi connectivity index (χ1) is 7.78. The van der Waals surface area contributed by atoms with Crippen LogP contribution in [0, 0.1) is 14.9 Å². The first kappa shape index (κ1) is 10.9. The third-order valence-electron chi connectivity index (χ3n) is 1.90. The summed E-state index contributed by atoms with van der Waals surface area (Å²) in [7, 11) is 0. The predicted molar refractivity (Wildman–Crippen MR) is 68.2 cm³/mol. The molecule has 2 rings (SSSR count). The van der Waals surface area contributed by atoms with Crippen molar-refractivity contribution in [3.05, 3.63) is 51.9 Å². The number of benzene rings is 1. The number of halogens is 1. The maximum atomic E-state index is 8.70. The van der Waals surface area contributed by atoms with Gasteiger partial charge in [-0.25, -0.2) is 4.98 Å². The van der Waals surface area contributed by atoms with Gasteiger partial charge in [-0.15, -0.1) is 0 Å². The summed E-state index contributed by atoms with van der Waals surface area (Å²) in [4.78, 5) is 3.87. The topological polar surface area (TPSA) is 45.9 Å². The SMILES string of the molecule is N#Cc1cc(Oc2ccc(I)cc2)ccn1. The lowest BCUT2D eigenvalue weighted by Crippen LogP contribution is -1.87. The number of aromatic nitrogens is 1.